The molecule has 1 heterocycles. The average molecular weight is 189 g/mol. The van der Waals surface area contributed by atoms with Crippen LogP contribution in [0.5, 0.6) is 0 Å². The zero-order valence-corrected chi connectivity index (χ0v) is 6.98. The molecule has 0 amide bonds. The molecule has 0 fully saturated rings. The third kappa shape index (κ3) is 1.15. The fourth-order valence-electron chi connectivity index (χ4n) is 1.27. The molecule has 5 heteroatoms. The number of fused-ring (bicyclic) bond motifs is 1. The number of carbonyl (C=O) groups excluding carboxylic acids is 1. The summed E-state index contributed by atoms with van der Waals surface area (Å²) in [6.45, 7) is 0. The minimum Gasteiger partial charge on any atom is -0.543 e. The van der Waals surface area contributed by atoms with Crippen molar-refractivity contribution in [2.45, 2.75) is 0 Å². The molecule has 14 heavy (non-hydrogen) atoms. The van der Waals surface area contributed by atoms with Crippen LogP contribution in [0.1, 0.15) is 10.5 Å². The van der Waals surface area contributed by atoms with Gasteiger partial charge in [-0.25, -0.2) is 5.10 Å². The van der Waals surface area contributed by atoms with Crippen LogP contribution in [-0.2, 0) is 0 Å². The van der Waals surface area contributed by atoms with Crippen molar-refractivity contribution in [1.29, 1.82) is 0 Å². The summed E-state index contributed by atoms with van der Waals surface area (Å²) in [6.07, 6.45) is 0. The van der Waals surface area contributed by atoms with Crippen LogP contribution < -0.4 is 10.7 Å². The zero-order chi connectivity index (χ0) is 10.1. The predicted molar refractivity (Wildman–Crippen MR) is 46.7 cm³/mol. The van der Waals surface area contributed by atoms with Gasteiger partial charge in [-0.2, -0.15) is 5.10 Å². The molecular formula is C9H5N2O3-. The first-order valence-electron chi connectivity index (χ1n) is 3.89. The molecule has 2 aromatic rings. The molecule has 1 aromatic heterocycles. The Balaban J connectivity index is 2.96. The van der Waals surface area contributed by atoms with Gasteiger partial charge in [-0.1, -0.05) is 18.2 Å². The lowest BCUT2D eigenvalue weighted by atomic mass is 10.1. The van der Waals surface area contributed by atoms with E-state index in [4.69, 9.17) is 0 Å². The van der Waals surface area contributed by atoms with Crippen LogP contribution in [0.15, 0.2) is 29.1 Å². The molecule has 5 nitrogen and oxygen atoms in total. The highest BCUT2D eigenvalue weighted by Crippen LogP contribution is 2.10. The van der Waals surface area contributed by atoms with Crippen LogP contribution in [0.4, 0.5) is 0 Å². The maximum atomic E-state index is 11.2. The summed E-state index contributed by atoms with van der Waals surface area (Å²) < 4.78 is 0. The number of carbonyl (C=O) groups is 1. The van der Waals surface area contributed by atoms with Gasteiger partial charge in [0.1, 0.15) is 5.69 Å². The molecule has 0 aliphatic carbocycles. The van der Waals surface area contributed by atoms with Crippen molar-refractivity contribution in [1.82, 2.24) is 10.2 Å². The number of hydrogen-bond acceptors (Lipinski definition) is 4. The van der Waals surface area contributed by atoms with Crippen LogP contribution in [0.2, 0.25) is 0 Å². The van der Waals surface area contributed by atoms with Gasteiger partial charge in [-0.05, 0) is 6.07 Å². The lowest BCUT2D eigenvalue weighted by Crippen LogP contribution is -2.26. The standard InChI is InChI=1S/C9H6N2O3/c12-8-6-4-2-1-3-5(6)7(9(13)14)10-11-8/h1-4H,(H,11,12)(H,13,14)/p-1. The first-order chi connectivity index (χ1) is 6.70. The Morgan fingerprint density at radius 1 is 1.29 bits per heavy atom. The quantitative estimate of drug-likeness (QED) is 0.641. The lowest BCUT2D eigenvalue weighted by molar-refractivity contribution is -0.255. The van der Waals surface area contributed by atoms with E-state index in [9.17, 15) is 14.7 Å². The molecule has 0 aliphatic rings. The minimum absolute atomic E-state index is 0.250. The van der Waals surface area contributed by atoms with E-state index in [0.717, 1.165) is 0 Å². The van der Waals surface area contributed by atoms with Gasteiger partial charge in [-0.3, -0.25) is 4.79 Å². The number of H-pyrrole nitrogens is 1. The second-order valence-corrected chi connectivity index (χ2v) is 2.73. The molecule has 0 saturated heterocycles. The maximum Gasteiger partial charge on any atom is 0.272 e. The summed E-state index contributed by atoms with van der Waals surface area (Å²) >= 11 is 0. The molecule has 0 radical (unpaired) electrons. The number of aromatic carboxylic acids is 1. The number of nitrogens with zero attached hydrogens (tertiary/aromatic N) is 1. The van der Waals surface area contributed by atoms with Crippen LogP contribution in [0.25, 0.3) is 10.8 Å². The number of aromatic amines is 1. The van der Waals surface area contributed by atoms with E-state index < -0.39 is 11.5 Å². The second-order valence-electron chi connectivity index (χ2n) is 2.73. The van der Waals surface area contributed by atoms with Gasteiger partial charge in [0.15, 0.2) is 0 Å². The number of rotatable bonds is 1. The third-order valence-electron chi connectivity index (χ3n) is 1.89. The van der Waals surface area contributed by atoms with Gasteiger partial charge < -0.3 is 9.90 Å². The fourth-order valence-corrected chi connectivity index (χ4v) is 1.27. The van der Waals surface area contributed by atoms with E-state index in [1.807, 2.05) is 0 Å². The average Bonchev–Trinajstić information content (AvgIpc) is 2.18. The van der Waals surface area contributed by atoms with E-state index in [1.54, 1.807) is 12.1 Å². The summed E-state index contributed by atoms with van der Waals surface area (Å²) in [5.74, 6) is -1.41. The molecule has 0 aliphatic heterocycles. The number of benzene rings is 1. The maximum absolute atomic E-state index is 11.2. The Morgan fingerprint density at radius 2 is 1.93 bits per heavy atom. The summed E-state index contributed by atoms with van der Waals surface area (Å²) in [6, 6.07) is 6.33. The van der Waals surface area contributed by atoms with Crippen LogP contribution in [-0.4, -0.2) is 16.2 Å². The highest BCUT2D eigenvalue weighted by Gasteiger charge is 2.05. The second kappa shape index (κ2) is 2.95. The molecule has 70 valence electrons. The lowest BCUT2D eigenvalue weighted by Gasteiger charge is -2.03. The Kier molecular flexibility index (Phi) is 1.78. The van der Waals surface area contributed by atoms with Gasteiger partial charge >= 0.3 is 0 Å². The van der Waals surface area contributed by atoms with Gasteiger partial charge in [0.2, 0.25) is 0 Å². The number of hydrogen-bond donors (Lipinski definition) is 1. The number of carboxylic acids is 1. The topological polar surface area (TPSA) is 85.9 Å². The van der Waals surface area contributed by atoms with Gasteiger partial charge in [0, 0.05) is 5.39 Å². The number of carboxylic acid groups (broad SMARTS) is 1. The van der Waals surface area contributed by atoms with Crippen LogP contribution >= 0.6 is 0 Å². The van der Waals surface area contributed by atoms with E-state index in [0.29, 0.717) is 5.39 Å². The van der Waals surface area contributed by atoms with Gasteiger partial charge in [-0.15, -0.1) is 0 Å². The molecule has 0 spiro atoms. The van der Waals surface area contributed by atoms with E-state index >= 15 is 0 Å². The SMILES string of the molecule is O=C([O-])c1n[nH]c(=O)c2ccccc12. The van der Waals surface area contributed by atoms with Crippen molar-refractivity contribution in [3.63, 3.8) is 0 Å². The van der Waals surface area contributed by atoms with E-state index in [-0.39, 0.29) is 11.1 Å². The normalized spacial score (nSPS) is 10.3. The van der Waals surface area contributed by atoms with Gasteiger partial charge in [0.05, 0.1) is 11.4 Å². The monoisotopic (exact) mass is 189 g/mol. The summed E-state index contributed by atoms with van der Waals surface area (Å²) in [5, 5.41) is 16.7. The van der Waals surface area contributed by atoms with Crippen molar-refractivity contribution < 1.29 is 9.90 Å². The number of aromatic nitrogens is 2. The Bertz CT molecular complexity index is 559. The van der Waals surface area contributed by atoms with Gasteiger partial charge in [0.25, 0.3) is 5.56 Å². The van der Waals surface area contributed by atoms with E-state index in [2.05, 4.69) is 10.2 Å². The highest BCUT2D eigenvalue weighted by atomic mass is 16.4. The van der Waals surface area contributed by atoms with Crippen molar-refractivity contribution in [3.8, 4) is 0 Å². The Hall–Kier alpha value is -2.17. The summed E-state index contributed by atoms with van der Waals surface area (Å²) in [7, 11) is 0. The molecular weight excluding hydrogens is 184 g/mol. The zero-order valence-electron chi connectivity index (χ0n) is 6.98. The van der Waals surface area contributed by atoms with Crippen molar-refractivity contribution >= 4 is 16.7 Å². The van der Waals surface area contributed by atoms with E-state index in [1.165, 1.54) is 12.1 Å². The Labute approximate surface area is 78.0 Å². The smallest absolute Gasteiger partial charge is 0.272 e. The van der Waals surface area contributed by atoms with Crippen molar-refractivity contribution in [3.05, 3.63) is 40.3 Å². The Morgan fingerprint density at radius 3 is 2.57 bits per heavy atom. The highest BCUT2D eigenvalue weighted by molar-refractivity contribution is 6.00. The molecule has 0 atom stereocenters. The fraction of sp³-hybridized carbons (Fsp3) is 0. The molecule has 0 bridgehead atoms. The first-order valence-corrected chi connectivity index (χ1v) is 3.89. The first kappa shape index (κ1) is 8.43. The summed E-state index contributed by atoms with van der Waals surface area (Å²) in [5.41, 5.74) is -0.661. The third-order valence-corrected chi connectivity index (χ3v) is 1.89. The molecule has 0 saturated carbocycles. The van der Waals surface area contributed by atoms with Crippen molar-refractivity contribution in [2.24, 2.45) is 0 Å². The molecule has 1 aromatic carbocycles. The minimum atomic E-state index is -1.41. The van der Waals surface area contributed by atoms with Crippen molar-refractivity contribution in [2.75, 3.05) is 0 Å². The van der Waals surface area contributed by atoms with Crippen LogP contribution in [0, 0.1) is 0 Å². The molecule has 2 rings (SSSR count). The molecule has 1 N–H and O–H groups in total. The summed E-state index contributed by atoms with van der Waals surface area (Å²) in [4.78, 5) is 21.9. The molecule has 0 unspecified atom stereocenters. The predicted octanol–water partition coefficient (Wildman–Crippen LogP) is -0.713. The largest absolute Gasteiger partial charge is 0.543 e. The number of nitrogens with one attached hydrogen (secondary N) is 1. The van der Waals surface area contributed by atoms with Crippen LogP contribution in [0.3, 0.4) is 0 Å².